The Hall–Kier alpha value is -1.11. The number of rotatable bonds is 20. The van der Waals surface area contributed by atoms with Crippen LogP contribution in [-0.2, 0) is 14.3 Å². The highest BCUT2D eigenvalue weighted by Gasteiger charge is 2.44. The molecule has 1 aliphatic heterocycles. The fraction of sp³-hybridized carbons (Fsp3) is 0.885. The summed E-state index contributed by atoms with van der Waals surface area (Å²) in [6.45, 7) is 1.13. The molecule has 212 valence electrons. The van der Waals surface area contributed by atoms with Crippen molar-refractivity contribution in [2.24, 2.45) is 5.73 Å². The third kappa shape index (κ3) is 12.9. The molecule has 0 aliphatic carbocycles. The molecule has 0 aromatic heterocycles. The van der Waals surface area contributed by atoms with Crippen LogP contribution >= 0.6 is 0 Å². The van der Waals surface area contributed by atoms with Crippen LogP contribution in [0.2, 0.25) is 0 Å². The maximum atomic E-state index is 11.8. The zero-order valence-corrected chi connectivity index (χ0v) is 21.8. The molecule has 0 bridgehead atoms. The molecular formula is C26H50N2O8. The van der Waals surface area contributed by atoms with E-state index in [4.69, 9.17) is 15.2 Å². The highest BCUT2D eigenvalue weighted by molar-refractivity contribution is 5.78. The van der Waals surface area contributed by atoms with E-state index >= 15 is 0 Å². The summed E-state index contributed by atoms with van der Waals surface area (Å²) in [7, 11) is 0. The number of ether oxygens (including phenoxy) is 2. The van der Waals surface area contributed by atoms with Crippen molar-refractivity contribution in [1.82, 2.24) is 5.32 Å². The van der Waals surface area contributed by atoms with E-state index in [1.54, 1.807) is 6.08 Å². The zero-order chi connectivity index (χ0) is 26.8. The fourth-order valence-corrected chi connectivity index (χ4v) is 4.19. The molecular weight excluding hydrogens is 468 g/mol. The van der Waals surface area contributed by atoms with E-state index in [-0.39, 0.29) is 13.2 Å². The maximum absolute atomic E-state index is 11.8. The second-order valence-electron chi connectivity index (χ2n) is 9.65. The van der Waals surface area contributed by atoms with Gasteiger partial charge in [0.2, 0.25) is 5.91 Å². The van der Waals surface area contributed by atoms with E-state index in [1.807, 2.05) is 6.08 Å². The topological polar surface area (TPSA) is 175 Å². The van der Waals surface area contributed by atoms with Gasteiger partial charge in [-0.3, -0.25) is 4.79 Å². The van der Waals surface area contributed by atoms with Crippen molar-refractivity contribution in [1.29, 1.82) is 0 Å². The second kappa shape index (κ2) is 19.9. The van der Waals surface area contributed by atoms with E-state index in [0.717, 1.165) is 19.3 Å². The number of aliphatic hydroxyl groups excluding tert-OH is 5. The Bertz CT molecular complexity index is 592. The molecule has 1 fully saturated rings. The first kappa shape index (κ1) is 32.9. The Balaban J connectivity index is 2.37. The lowest BCUT2D eigenvalue weighted by molar-refractivity contribution is -0.302. The van der Waals surface area contributed by atoms with Crippen molar-refractivity contribution < 1.29 is 39.8 Å². The molecule has 1 heterocycles. The van der Waals surface area contributed by atoms with Gasteiger partial charge in [0.25, 0.3) is 0 Å². The molecule has 1 aliphatic rings. The number of nitrogens with two attached hydrogens (primary N) is 1. The van der Waals surface area contributed by atoms with Gasteiger partial charge in [-0.05, 0) is 12.8 Å². The van der Waals surface area contributed by atoms with Crippen molar-refractivity contribution in [3.63, 3.8) is 0 Å². The highest BCUT2D eigenvalue weighted by Crippen LogP contribution is 2.22. The summed E-state index contributed by atoms with van der Waals surface area (Å²) in [5.41, 5.74) is 5.37. The molecule has 0 aromatic rings. The van der Waals surface area contributed by atoms with Crippen LogP contribution < -0.4 is 11.1 Å². The number of hydrogen-bond donors (Lipinski definition) is 7. The zero-order valence-electron chi connectivity index (χ0n) is 21.8. The van der Waals surface area contributed by atoms with Gasteiger partial charge in [-0.25, -0.2) is 0 Å². The molecule has 10 nitrogen and oxygen atoms in total. The molecule has 36 heavy (non-hydrogen) atoms. The van der Waals surface area contributed by atoms with E-state index < -0.39 is 55.4 Å². The lowest BCUT2D eigenvalue weighted by atomic mass is 9.99. The molecule has 1 rings (SSSR count). The van der Waals surface area contributed by atoms with E-state index in [9.17, 15) is 30.3 Å². The van der Waals surface area contributed by atoms with Crippen LogP contribution in [0.5, 0.6) is 0 Å². The Morgan fingerprint density at radius 2 is 1.56 bits per heavy atom. The normalized spacial score (nSPS) is 26.2. The van der Waals surface area contributed by atoms with Crippen molar-refractivity contribution in [3.8, 4) is 0 Å². The largest absolute Gasteiger partial charge is 0.394 e. The lowest BCUT2D eigenvalue weighted by Gasteiger charge is -2.40. The minimum absolute atomic E-state index is 0.252. The van der Waals surface area contributed by atoms with Crippen LogP contribution in [0.3, 0.4) is 0 Å². The van der Waals surface area contributed by atoms with E-state index in [2.05, 4.69) is 12.2 Å². The van der Waals surface area contributed by atoms with Crippen LogP contribution in [0.1, 0.15) is 84.0 Å². The standard InChI is InChI=1S/C26H50N2O8/c1-2-3-4-5-6-7-8-9-10-11-12-13-14-15-20(30)19(28-22(31)16-27)18-35-26-25(34)24(33)23(32)21(17-29)36-26/h14-15,19-21,23-26,29-30,32-34H,2-13,16-18,27H2,1H3,(H,28,31). The third-order valence-electron chi connectivity index (χ3n) is 6.54. The van der Waals surface area contributed by atoms with Gasteiger partial charge in [0, 0.05) is 0 Å². The number of hydrogen-bond acceptors (Lipinski definition) is 9. The summed E-state index contributed by atoms with van der Waals surface area (Å²) in [5, 5.41) is 52.3. The van der Waals surface area contributed by atoms with E-state index in [1.165, 1.54) is 57.8 Å². The van der Waals surface area contributed by atoms with Gasteiger partial charge in [-0.2, -0.15) is 0 Å². The van der Waals surface area contributed by atoms with Crippen LogP contribution in [-0.4, -0.2) is 94.1 Å². The molecule has 7 atom stereocenters. The summed E-state index contributed by atoms with van der Waals surface area (Å²) in [4.78, 5) is 11.8. The molecule has 0 aromatic carbocycles. The second-order valence-corrected chi connectivity index (χ2v) is 9.65. The van der Waals surface area contributed by atoms with Crippen LogP contribution in [0, 0.1) is 0 Å². The first-order valence-corrected chi connectivity index (χ1v) is 13.6. The van der Waals surface area contributed by atoms with E-state index in [0.29, 0.717) is 0 Å². The lowest BCUT2D eigenvalue weighted by Crippen LogP contribution is -2.60. The number of carbonyl (C=O) groups excluding carboxylic acids is 1. The molecule has 1 saturated heterocycles. The van der Waals surface area contributed by atoms with Gasteiger partial charge in [-0.1, -0.05) is 83.3 Å². The summed E-state index contributed by atoms with van der Waals surface area (Å²) < 4.78 is 10.8. The smallest absolute Gasteiger partial charge is 0.234 e. The number of allylic oxidation sites excluding steroid dienone is 1. The van der Waals surface area contributed by atoms with Gasteiger partial charge in [0.15, 0.2) is 6.29 Å². The molecule has 0 spiro atoms. The quantitative estimate of drug-likeness (QED) is 0.0910. The van der Waals surface area contributed by atoms with Crippen LogP contribution in [0.15, 0.2) is 12.2 Å². The summed E-state index contributed by atoms with van der Waals surface area (Å²) >= 11 is 0. The minimum atomic E-state index is -1.58. The molecule has 0 saturated carbocycles. The van der Waals surface area contributed by atoms with Crippen molar-refractivity contribution >= 4 is 5.91 Å². The Morgan fingerprint density at radius 1 is 0.972 bits per heavy atom. The summed E-state index contributed by atoms with van der Waals surface area (Å²) in [5.74, 6) is -0.491. The molecule has 10 heteroatoms. The molecule has 0 radical (unpaired) electrons. The van der Waals surface area contributed by atoms with Gasteiger partial charge >= 0.3 is 0 Å². The highest BCUT2D eigenvalue weighted by atomic mass is 16.7. The van der Waals surface area contributed by atoms with Crippen molar-refractivity contribution in [2.75, 3.05) is 19.8 Å². The van der Waals surface area contributed by atoms with Crippen molar-refractivity contribution in [3.05, 3.63) is 12.2 Å². The number of amides is 1. The Labute approximate surface area is 215 Å². The van der Waals surface area contributed by atoms with Gasteiger partial charge in [-0.15, -0.1) is 0 Å². The summed E-state index contributed by atoms with van der Waals surface area (Å²) in [6.07, 6.45) is 9.95. The first-order chi connectivity index (χ1) is 17.3. The Morgan fingerprint density at radius 3 is 2.11 bits per heavy atom. The van der Waals surface area contributed by atoms with Crippen LogP contribution in [0.25, 0.3) is 0 Å². The molecule has 7 unspecified atom stereocenters. The molecule has 8 N–H and O–H groups in total. The average Bonchev–Trinajstić information content (AvgIpc) is 2.88. The predicted octanol–water partition coefficient (Wildman–Crippen LogP) is 0.865. The SMILES string of the molecule is CCCCCCCCCCCCCC=CC(O)C(COC1OC(CO)C(O)C(O)C1O)NC(=O)CN. The molecule has 1 amide bonds. The summed E-state index contributed by atoms with van der Waals surface area (Å²) in [6, 6.07) is -0.873. The number of carbonyl (C=O) groups is 1. The minimum Gasteiger partial charge on any atom is -0.394 e. The maximum Gasteiger partial charge on any atom is 0.234 e. The number of aliphatic hydroxyl groups is 5. The first-order valence-electron chi connectivity index (χ1n) is 13.6. The van der Waals surface area contributed by atoms with Crippen molar-refractivity contribution in [2.45, 2.75) is 127 Å². The monoisotopic (exact) mass is 518 g/mol. The Kier molecular flexibility index (Phi) is 18.2. The predicted molar refractivity (Wildman–Crippen MR) is 137 cm³/mol. The third-order valence-corrected chi connectivity index (χ3v) is 6.54. The number of nitrogens with one attached hydrogen (secondary N) is 1. The number of unbranched alkanes of at least 4 members (excludes halogenated alkanes) is 11. The average molecular weight is 519 g/mol. The van der Waals surface area contributed by atoms with Gasteiger partial charge in [0.05, 0.1) is 31.9 Å². The van der Waals surface area contributed by atoms with Gasteiger partial charge in [0.1, 0.15) is 24.4 Å². The van der Waals surface area contributed by atoms with Crippen LogP contribution in [0.4, 0.5) is 0 Å². The fourth-order valence-electron chi connectivity index (χ4n) is 4.19. The van der Waals surface area contributed by atoms with Gasteiger partial charge < -0.3 is 46.1 Å².